The van der Waals surface area contributed by atoms with Crippen molar-refractivity contribution in [1.29, 1.82) is 0 Å². The van der Waals surface area contributed by atoms with E-state index in [9.17, 15) is 4.79 Å². The maximum absolute atomic E-state index is 11.9. The first-order chi connectivity index (χ1) is 8.18. The quantitative estimate of drug-likeness (QED) is 0.796. The van der Waals surface area contributed by atoms with Crippen molar-refractivity contribution in [1.82, 2.24) is 9.97 Å². The predicted molar refractivity (Wildman–Crippen MR) is 65.8 cm³/mol. The van der Waals surface area contributed by atoms with E-state index in [4.69, 9.17) is 17.3 Å². The number of rotatable bonds is 2. The first-order valence-corrected chi connectivity index (χ1v) is 5.18. The van der Waals surface area contributed by atoms with Crippen LogP contribution in [0.25, 0.3) is 0 Å². The minimum Gasteiger partial charge on any atom is -0.398 e. The molecule has 0 aliphatic heterocycles. The summed E-state index contributed by atoms with van der Waals surface area (Å²) in [5.74, 6) is -0.226. The van der Waals surface area contributed by atoms with E-state index in [0.717, 1.165) is 0 Å². The molecule has 1 aromatic heterocycles. The second-order valence-corrected chi connectivity index (χ2v) is 3.64. The number of nitrogen functional groups attached to an aromatic ring is 1. The predicted octanol–water partition coefficient (Wildman–Crippen LogP) is 1.96. The number of nitrogens with two attached hydrogens (primary N) is 1. The minimum atomic E-state index is -0.431. The fourth-order valence-electron chi connectivity index (χ4n) is 1.31. The van der Waals surface area contributed by atoms with E-state index in [-0.39, 0.29) is 11.5 Å². The molecule has 3 N–H and O–H groups in total. The van der Waals surface area contributed by atoms with Crippen molar-refractivity contribution in [3.63, 3.8) is 0 Å². The largest absolute Gasteiger partial charge is 0.398 e. The molecule has 2 rings (SSSR count). The number of hydrogen-bond acceptors (Lipinski definition) is 4. The lowest BCUT2D eigenvalue weighted by Crippen LogP contribution is -2.16. The van der Waals surface area contributed by atoms with Gasteiger partial charge in [-0.15, -0.1) is 0 Å². The number of nitrogens with one attached hydrogen (secondary N) is 1. The van der Waals surface area contributed by atoms with Gasteiger partial charge in [0.25, 0.3) is 5.91 Å². The van der Waals surface area contributed by atoms with Gasteiger partial charge in [-0.2, -0.15) is 0 Å². The normalized spacial score (nSPS) is 9.94. The monoisotopic (exact) mass is 248 g/mol. The lowest BCUT2D eigenvalue weighted by Gasteiger charge is -2.07. The van der Waals surface area contributed by atoms with Gasteiger partial charge in [-0.05, 0) is 18.2 Å². The van der Waals surface area contributed by atoms with E-state index in [2.05, 4.69) is 15.3 Å². The highest BCUT2D eigenvalue weighted by Crippen LogP contribution is 2.22. The van der Waals surface area contributed by atoms with Crippen molar-refractivity contribution >= 4 is 29.1 Å². The first kappa shape index (κ1) is 11.3. The lowest BCUT2D eigenvalue weighted by atomic mass is 10.1. The summed E-state index contributed by atoms with van der Waals surface area (Å²) in [5.41, 5.74) is 6.22. The summed E-state index contributed by atoms with van der Waals surface area (Å²) in [4.78, 5) is 19.7. The maximum atomic E-state index is 11.9. The van der Waals surface area contributed by atoms with Crippen LogP contribution in [-0.4, -0.2) is 15.9 Å². The van der Waals surface area contributed by atoms with Crippen molar-refractivity contribution in [3.05, 3.63) is 47.2 Å². The molecule has 0 atom stereocenters. The second-order valence-electron chi connectivity index (χ2n) is 3.23. The summed E-state index contributed by atoms with van der Waals surface area (Å²) in [6.45, 7) is 0. The van der Waals surface area contributed by atoms with Gasteiger partial charge in [0.2, 0.25) is 5.95 Å². The molecule has 0 saturated heterocycles. The van der Waals surface area contributed by atoms with Crippen LogP contribution in [0.2, 0.25) is 5.02 Å². The van der Waals surface area contributed by atoms with Crippen molar-refractivity contribution < 1.29 is 4.79 Å². The molecule has 0 radical (unpaired) electrons. The Morgan fingerprint density at radius 3 is 2.59 bits per heavy atom. The zero-order valence-corrected chi connectivity index (χ0v) is 9.48. The van der Waals surface area contributed by atoms with Gasteiger partial charge in [0.05, 0.1) is 10.6 Å². The van der Waals surface area contributed by atoms with E-state index in [1.54, 1.807) is 24.3 Å². The number of benzene rings is 1. The van der Waals surface area contributed by atoms with Crippen LogP contribution in [0.5, 0.6) is 0 Å². The number of anilines is 2. The zero-order chi connectivity index (χ0) is 12.3. The summed E-state index contributed by atoms with van der Waals surface area (Å²) in [7, 11) is 0. The van der Waals surface area contributed by atoms with Crippen molar-refractivity contribution in [3.8, 4) is 0 Å². The number of carbonyl (C=O) groups excluding carboxylic acids is 1. The van der Waals surface area contributed by atoms with E-state index < -0.39 is 5.91 Å². The number of halogens is 1. The summed E-state index contributed by atoms with van der Waals surface area (Å²) < 4.78 is 0. The van der Waals surface area contributed by atoms with Gasteiger partial charge in [-0.3, -0.25) is 10.1 Å². The molecule has 0 unspecified atom stereocenters. The molecule has 0 spiro atoms. The second kappa shape index (κ2) is 4.80. The van der Waals surface area contributed by atoms with Gasteiger partial charge in [0, 0.05) is 18.1 Å². The Bertz CT molecular complexity index is 524. The average molecular weight is 249 g/mol. The molecular formula is C11H9ClN4O. The molecule has 0 aliphatic rings. The third kappa shape index (κ3) is 2.51. The molecule has 17 heavy (non-hydrogen) atoms. The van der Waals surface area contributed by atoms with Gasteiger partial charge < -0.3 is 5.73 Å². The molecular weight excluding hydrogens is 240 g/mol. The fraction of sp³-hybridized carbons (Fsp3) is 0. The van der Waals surface area contributed by atoms with E-state index in [1.165, 1.54) is 12.4 Å². The van der Waals surface area contributed by atoms with Crippen LogP contribution >= 0.6 is 11.6 Å². The highest BCUT2D eigenvalue weighted by molar-refractivity contribution is 6.35. The van der Waals surface area contributed by atoms with Crippen LogP contribution in [0.4, 0.5) is 11.6 Å². The number of aromatic nitrogens is 2. The standard InChI is InChI=1S/C11H9ClN4O/c12-7-3-1-4-8(13)9(7)10(17)16-11-14-5-2-6-15-11/h1-6H,13H2,(H,14,15,16,17). The van der Waals surface area contributed by atoms with Crippen LogP contribution in [0.3, 0.4) is 0 Å². The molecule has 86 valence electrons. The highest BCUT2D eigenvalue weighted by Gasteiger charge is 2.14. The van der Waals surface area contributed by atoms with Crippen molar-refractivity contribution in [2.24, 2.45) is 0 Å². The number of amides is 1. The summed E-state index contributed by atoms with van der Waals surface area (Å²) in [5, 5.41) is 2.80. The topological polar surface area (TPSA) is 80.9 Å². The smallest absolute Gasteiger partial charge is 0.261 e. The molecule has 0 fully saturated rings. The molecule has 0 aliphatic carbocycles. The Morgan fingerprint density at radius 1 is 1.24 bits per heavy atom. The van der Waals surface area contributed by atoms with Gasteiger partial charge in [0.1, 0.15) is 0 Å². The van der Waals surface area contributed by atoms with Crippen LogP contribution in [-0.2, 0) is 0 Å². The fourth-order valence-corrected chi connectivity index (χ4v) is 1.58. The molecule has 0 bridgehead atoms. The molecule has 1 aromatic carbocycles. The maximum Gasteiger partial charge on any atom is 0.261 e. The van der Waals surface area contributed by atoms with Crippen LogP contribution < -0.4 is 11.1 Å². The SMILES string of the molecule is Nc1cccc(Cl)c1C(=O)Nc1ncccn1. The number of nitrogens with zero attached hydrogens (tertiary/aromatic N) is 2. The number of hydrogen-bond donors (Lipinski definition) is 2. The number of carbonyl (C=O) groups is 1. The highest BCUT2D eigenvalue weighted by atomic mass is 35.5. The third-order valence-electron chi connectivity index (χ3n) is 2.06. The Kier molecular flexibility index (Phi) is 3.20. The minimum absolute atomic E-state index is 0.205. The van der Waals surface area contributed by atoms with Crippen molar-refractivity contribution in [2.75, 3.05) is 11.1 Å². The molecule has 1 amide bonds. The van der Waals surface area contributed by atoms with Crippen LogP contribution in [0, 0.1) is 0 Å². The molecule has 2 aromatic rings. The van der Waals surface area contributed by atoms with Gasteiger partial charge in [-0.25, -0.2) is 9.97 Å². The summed E-state index contributed by atoms with van der Waals surface area (Å²) in [6, 6.07) is 6.53. The Hall–Kier alpha value is -2.14. The van der Waals surface area contributed by atoms with Crippen LogP contribution in [0.15, 0.2) is 36.7 Å². The summed E-state index contributed by atoms with van der Waals surface area (Å²) in [6.07, 6.45) is 3.05. The van der Waals surface area contributed by atoms with Crippen LogP contribution in [0.1, 0.15) is 10.4 Å². The van der Waals surface area contributed by atoms with Gasteiger partial charge >= 0.3 is 0 Å². The Balaban J connectivity index is 2.27. The molecule has 0 saturated carbocycles. The van der Waals surface area contributed by atoms with E-state index in [0.29, 0.717) is 10.7 Å². The molecule has 1 heterocycles. The Morgan fingerprint density at radius 2 is 1.94 bits per heavy atom. The average Bonchev–Trinajstić information content (AvgIpc) is 2.30. The van der Waals surface area contributed by atoms with E-state index >= 15 is 0 Å². The lowest BCUT2D eigenvalue weighted by molar-refractivity contribution is 0.102. The molecule has 6 heteroatoms. The summed E-state index contributed by atoms with van der Waals surface area (Å²) >= 11 is 5.91. The Labute approximate surface area is 103 Å². The zero-order valence-electron chi connectivity index (χ0n) is 8.72. The van der Waals surface area contributed by atoms with Gasteiger partial charge in [0.15, 0.2) is 0 Å². The first-order valence-electron chi connectivity index (χ1n) is 4.81. The van der Waals surface area contributed by atoms with E-state index in [1.807, 2.05) is 0 Å². The third-order valence-corrected chi connectivity index (χ3v) is 2.38. The molecule has 5 nitrogen and oxygen atoms in total. The van der Waals surface area contributed by atoms with Crippen molar-refractivity contribution in [2.45, 2.75) is 0 Å². The van der Waals surface area contributed by atoms with Gasteiger partial charge in [-0.1, -0.05) is 17.7 Å².